The summed E-state index contributed by atoms with van der Waals surface area (Å²) in [5, 5.41) is 2.75. The Morgan fingerprint density at radius 2 is 1.61 bits per heavy atom. The Morgan fingerprint density at radius 3 is 2.27 bits per heavy atom. The van der Waals surface area contributed by atoms with Gasteiger partial charge in [0.15, 0.2) is 0 Å². The van der Waals surface area contributed by atoms with Crippen molar-refractivity contribution in [2.45, 2.75) is 31.4 Å². The monoisotopic (exact) mass is 617 g/mol. The van der Waals surface area contributed by atoms with Crippen molar-refractivity contribution in [3.63, 3.8) is 0 Å². The van der Waals surface area contributed by atoms with Gasteiger partial charge in [-0.05, 0) is 53.9 Å². The second-order valence-corrected chi connectivity index (χ2v) is 11.3. The average Bonchev–Trinajstić information content (AvgIpc) is 3.03. The summed E-state index contributed by atoms with van der Waals surface area (Å²) in [4.78, 5) is 43.8. The minimum absolute atomic E-state index is 0.0166. The molecule has 0 radical (unpaired) electrons. The van der Waals surface area contributed by atoms with Crippen molar-refractivity contribution in [3.05, 3.63) is 129 Å². The lowest BCUT2D eigenvalue weighted by Gasteiger charge is -2.14. The van der Waals surface area contributed by atoms with Gasteiger partial charge in [0.2, 0.25) is 5.91 Å². The Balaban J connectivity index is 1.34. The SMILES string of the molecule is COc1ccc(S(=O)(=O)Nn2ccc(C)c(CC(=O)NCc3ccc(C(N)=NC(=O)OCc4ccccc4)cc3)c2=O)cc1. The minimum atomic E-state index is -4.08. The molecule has 3 aromatic carbocycles. The summed E-state index contributed by atoms with van der Waals surface area (Å²) in [7, 11) is -2.62. The van der Waals surface area contributed by atoms with Crippen LogP contribution in [-0.4, -0.2) is 38.0 Å². The van der Waals surface area contributed by atoms with Crippen LogP contribution in [0.25, 0.3) is 0 Å². The number of carbonyl (C=O) groups excluding carboxylic acids is 2. The van der Waals surface area contributed by atoms with E-state index >= 15 is 0 Å². The molecule has 4 N–H and O–H groups in total. The third-order valence-electron chi connectivity index (χ3n) is 6.51. The van der Waals surface area contributed by atoms with Crippen molar-refractivity contribution >= 4 is 27.9 Å². The predicted octanol–water partition coefficient (Wildman–Crippen LogP) is 3.00. The van der Waals surface area contributed by atoms with Gasteiger partial charge in [0.25, 0.3) is 15.6 Å². The molecule has 0 saturated carbocycles. The molecule has 0 saturated heterocycles. The Kier molecular flexibility index (Phi) is 10.1. The molecule has 0 fully saturated rings. The van der Waals surface area contributed by atoms with Gasteiger partial charge < -0.3 is 20.5 Å². The number of aliphatic imine (C=N–C) groups is 1. The lowest BCUT2D eigenvalue weighted by Crippen LogP contribution is -2.36. The van der Waals surface area contributed by atoms with E-state index < -0.39 is 27.6 Å². The first kappa shape index (κ1) is 31.5. The van der Waals surface area contributed by atoms with Gasteiger partial charge in [-0.2, -0.15) is 13.4 Å². The second kappa shape index (κ2) is 14.2. The van der Waals surface area contributed by atoms with E-state index in [1.807, 2.05) is 30.3 Å². The van der Waals surface area contributed by atoms with Gasteiger partial charge in [-0.25, -0.2) is 14.3 Å². The van der Waals surface area contributed by atoms with Gasteiger partial charge in [0.1, 0.15) is 18.2 Å². The number of hydrogen-bond acceptors (Lipinski definition) is 7. The average molecular weight is 618 g/mol. The molecule has 13 heteroatoms. The van der Waals surface area contributed by atoms with E-state index in [0.717, 1.165) is 15.8 Å². The number of nitrogens with zero attached hydrogens (tertiary/aromatic N) is 2. The number of rotatable bonds is 11. The number of amides is 2. The van der Waals surface area contributed by atoms with Crippen molar-refractivity contribution in [1.82, 2.24) is 9.99 Å². The van der Waals surface area contributed by atoms with Gasteiger partial charge in [0, 0.05) is 23.9 Å². The summed E-state index contributed by atoms with van der Waals surface area (Å²) in [6.07, 6.45) is 0.213. The Labute approximate surface area is 254 Å². The van der Waals surface area contributed by atoms with Gasteiger partial charge in [0.05, 0.1) is 18.4 Å². The molecule has 12 nitrogen and oxygen atoms in total. The number of amidine groups is 1. The van der Waals surface area contributed by atoms with E-state index in [1.165, 1.54) is 37.6 Å². The van der Waals surface area contributed by atoms with E-state index in [2.05, 4.69) is 15.1 Å². The van der Waals surface area contributed by atoms with Crippen molar-refractivity contribution in [3.8, 4) is 5.75 Å². The van der Waals surface area contributed by atoms with Crippen LogP contribution in [0.3, 0.4) is 0 Å². The van der Waals surface area contributed by atoms with Crippen molar-refractivity contribution in [2.24, 2.45) is 10.7 Å². The fourth-order valence-electron chi connectivity index (χ4n) is 4.02. The summed E-state index contributed by atoms with van der Waals surface area (Å²) < 4.78 is 36.6. The first-order valence-corrected chi connectivity index (χ1v) is 14.8. The molecular weight excluding hydrogens is 586 g/mol. The van der Waals surface area contributed by atoms with Gasteiger partial charge in [-0.1, -0.05) is 54.6 Å². The third-order valence-corrected chi connectivity index (χ3v) is 7.84. The molecule has 4 rings (SSSR count). The lowest BCUT2D eigenvalue weighted by molar-refractivity contribution is -0.120. The summed E-state index contributed by atoms with van der Waals surface area (Å²) in [6, 6.07) is 23.1. The smallest absolute Gasteiger partial charge is 0.435 e. The molecule has 0 bridgehead atoms. The molecule has 228 valence electrons. The van der Waals surface area contributed by atoms with E-state index in [4.69, 9.17) is 15.2 Å². The van der Waals surface area contributed by atoms with Crippen molar-refractivity contribution in [1.29, 1.82) is 0 Å². The highest BCUT2D eigenvalue weighted by Crippen LogP contribution is 2.16. The van der Waals surface area contributed by atoms with E-state index in [0.29, 0.717) is 16.9 Å². The van der Waals surface area contributed by atoms with Crippen LogP contribution in [0, 0.1) is 6.92 Å². The fourth-order valence-corrected chi connectivity index (χ4v) is 5.03. The number of pyridine rings is 1. The fraction of sp³-hybridized carbons (Fsp3) is 0.161. The molecule has 1 heterocycles. The second-order valence-electron chi connectivity index (χ2n) is 9.61. The van der Waals surface area contributed by atoms with Gasteiger partial charge >= 0.3 is 6.09 Å². The number of aryl methyl sites for hydroxylation is 1. The molecular formula is C31H31N5O7S. The predicted molar refractivity (Wildman–Crippen MR) is 164 cm³/mol. The topological polar surface area (TPSA) is 171 Å². The summed E-state index contributed by atoms with van der Waals surface area (Å²) in [5.74, 6) is 0.0276. The van der Waals surface area contributed by atoms with Crippen LogP contribution >= 0.6 is 0 Å². The zero-order chi connectivity index (χ0) is 31.7. The molecule has 0 spiro atoms. The van der Waals surface area contributed by atoms with Crippen LogP contribution in [0.5, 0.6) is 5.75 Å². The van der Waals surface area contributed by atoms with Crippen LogP contribution in [0.4, 0.5) is 4.79 Å². The van der Waals surface area contributed by atoms with Gasteiger partial charge in [-0.3, -0.25) is 9.59 Å². The largest absolute Gasteiger partial charge is 0.497 e. The highest BCUT2D eigenvalue weighted by Gasteiger charge is 2.18. The van der Waals surface area contributed by atoms with E-state index in [9.17, 15) is 22.8 Å². The Morgan fingerprint density at radius 1 is 0.932 bits per heavy atom. The maximum Gasteiger partial charge on any atom is 0.435 e. The first-order valence-electron chi connectivity index (χ1n) is 13.3. The molecule has 2 amide bonds. The first-order chi connectivity index (χ1) is 21.1. The zero-order valence-electron chi connectivity index (χ0n) is 24.0. The number of benzene rings is 3. The summed E-state index contributed by atoms with van der Waals surface area (Å²) in [6.45, 7) is 1.89. The quantitative estimate of drug-likeness (QED) is 0.170. The number of ether oxygens (including phenoxy) is 2. The van der Waals surface area contributed by atoms with Crippen LogP contribution < -0.4 is 26.2 Å². The number of nitrogens with one attached hydrogen (secondary N) is 2. The molecule has 0 atom stereocenters. The van der Waals surface area contributed by atoms with E-state index in [-0.39, 0.29) is 35.9 Å². The molecule has 0 aliphatic carbocycles. The van der Waals surface area contributed by atoms with Crippen LogP contribution in [0.1, 0.15) is 27.8 Å². The molecule has 44 heavy (non-hydrogen) atoms. The molecule has 0 aliphatic rings. The maximum absolute atomic E-state index is 13.1. The van der Waals surface area contributed by atoms with Crippen LogP contribution in [-0.2, 0) is 39.1 Å². The van der Waals surface area contributed by atoms with E-state index in [1.54, 1.807) is 37.3 Å². The van der Waals surface area contributed by atoms with Crippen LogP contribution in [0.15, 0.2) is 106 Å². The number of nitrogens with two attached hydrogens (primary N) is 1. The number of carbonyl (C=O) groups is 2. The number of hydrogen-bond donors (Lipinski definition) is 3. The lowest BCUT2D eigenvalue weighted by atomic mass is 10.1. The Hall–Kier alpha value is -5.43. The number of sulfonamides is 1. The van der Waals surface area contributed by atoms with Crippen molar-refractivity contribution in [2.75, 3.05) is 11.9 Å². The number of methoxy groups -OCH3 is 1. The molecule has 1 aromatic heterocycles. The molecule has 4 aromatic rings. The van der Waals surface area contributed by atoms with Gasteiger partial charge in [-0.15, -0.1) is 0 Å². The third kappa shape index (κ3) is 8.32. The zero-order valence-corrected chi connectivity index (χ0v) is 24.8. The highest BCUT2D eigenvalue weighted by molar-refractivity contribution is 7.92. The standard InChI is InChI=1S/C31H31N5O7S/c1-21-16-17-36(35-44(40,41)26-14-12-25(42-2)13-15-26)30(38)27(21)18-28(37)33-19-22-8-10-24(11-9-22)29(32)34-31(39)43-20-23-6-4-3-5-7-23/h3-17,35H,18-20H2,1-2H3,(H,33,37)(H2,32,34,39). The maximum atomic E-state index is 13.1. The molecule has 0 unspecified atom stereocenters. The summed E-state index contributed by atoms with van der Waals surface area (Å²) >= 11 is 0. The summed E-state index contributed by atoms with van der Waals surface area (Å²) in [5.41, 5.74) is 8.00. The normalized spacial score (nSPS) is 11.5. The highest BCUT2D eigenvalue weighted by atomic mass is 32.2. The minimum Gasteiger partial charge on any atom is -0.497 e. The number of aromatic nitrogens is 1. The Bertz CT molecular complexity index is 1820. The van der Waals surface area contributed by atoms with Crippen molar-refractivity contribution < 1.29 is 27.5 Å². The molecule has 0 aliphatic heterocycles. The van der Waals surface area contributed by atoms with Crippen LogP contribution in [0.2, 0.25) is 0 Å².